The molecule has 2 aliphatic rings. The van der Waals surface area contributed by atoms with Crippen LogP contribution in [-0.4, -0.2) is 78.3 Å². The summed E-state index contributed by atoms with van der Waals surface area (Å²) in [6.45, 7) is 7.90. The van der Waals surface area contributed by atoms with E-state index < -0.39 is 0 Å². The van der Waals surface area contributed by atoms with Crippen LogP contribution in [0.4, 0.5) is 10.7 Å². The number of benzene rings is 3. The lowest BCUT2D eigenvalue weighted by atomic mass is 9.95. The van der Waals surface area contributed by atoms with Gasteiger partial charge >= 0.3 is 11.9 Å². The Balaban J connectivity index is 1.08. The summed E-state index contributed by atoms with van der Waals surface area (Å²) in [7, 11) is 1.37. The maximum absolute atomic E-state index is 14.0. The lowest BCUT2D eigenvalue weighted by molar-refractivity contribution is -0.146. The second kappa shape index (κ2) is 20.6. The second-order valence-electron chi connectivity index (χ2n) is 15.6. The molecule has 0 radical (unpaired) electrons. The molecule has 312 valence electrons. The van der Waals surface area contributed by atoms with E-state index in [4.69, 9.17) is 9.47 Å². The average molecular weight is 821 g/mol. The molecule has 6 rings (SSSR count). The fraction of sp³-hybridized carbons (Fsp3) is 0.426. The minimum atomic E-state index is -0.358. The number of amides is 3. The Morgan fingerprint density at radius 3 is 2.15 bits per heavy atom. The number of esters is 2. The number of hydrogen-bond donors (Lipinski definition) is 2. The third-order valence-electron chi connectivity index (χ3n) is 11.0. The predicted molar refractivity (Wildman–Crippen MR) is 231 cm³/mol. The Labute approximate surface area is 351 Å². The molecule has 4 aromatic rings. The zero-order valence-corrected chi connectivity index (χ0v) is 35.5. The molecule has 1 saturated carbocycles. The largest absolute Gasteiger partial charge is 0.466 e. The zero-order valence-electron chi connectivity index (χ0n) is 34.6. The number of ether oxygens (including phenoxy) is 2. The van der Waals surface area contributed by atoms with Gasteiger partial charge < -0.3 is 25.0 Å². The van der Waals surface area contributed by atoms with E-state index >= 15 is 0 Å². The first-order valence-corrected chi connectivity index (χ1v) is 21.7. The van der Waals surface area contributed by atoms with Crippen LogP contribution in [0.1, 0.15) is 118 Å². The van der Waals surface area contributed by atoms with Gasteiger partial charge in [-0.05, 0) is 131 Å². The lowest BCUT2D eigenvalue weighted by Crippen LogP contribution is -2.43. The van der Waals surface area contributed by atoms with Crippen LogP contribution in [0.25, 0.3) is 0 Å². The maximum Gasteiger partial charge on any atom is 0.337 e. The number of anilines is 2. The number of hydrogen-bond acceptors (Lipinski definition) is 9. The summed E-state index contributed by atoms with van der Waals surface area (Å²) in [4.78, 5) is 69.9. The molecular formula is C47H56N4O7S. The van der Waals surface area contributed by atoms with Gasteiger partial charge in [-0.1, -0.05) is 36.4 Å². The van der Waals surface area contributed by atoms with E-state index in [1.807, 2.05) is 73.3 Å². The molecule has 11 nitrogen and oxygen atoms in total. The Bertz CT molecular complexity index is 2110. The molecule has 3 amide bonds. The third kappa shape index (κ3) is 11.9. The summed E-state index contributed by atoms with van der Waals surface area (Å²) in [6, 6.07) is 23.3. The highest BCUT2D eigenvalue weighted by Gasteiger charge is 2.31. The van der Waals surface area contributed by atoms with Crippen molar-refractivity contribution in [2.24, 2.45) is 0 Å². The highest BCUT2D eigenvalue weighted by Crippen LogP contribution is 2.39. The van der Waals surface area contributed by atoms with E-state index in [0.717, 1.165) is 78.5 Å². The van der Waals surface area contributed by atoms with Crippen molar-refractivity contribution in [3.8, 4) is 0 Å². The van der Waals surface area contributed by atoms with Crippen molar-refractivity contribution < 1.29 is 33.4 Å². The molecule has 0 spiro atoms. The van der Waals surface area contributed by atoms with Gasteiger partial charge in [-0.15, -0.1) is 11.3 Å². The van der Waals surface area contributed by atoms with E-state index in [1.165, 1.54) is 18.4 Å². The topological polar surface area (TPSA) is 134 Å². The number of thiophene rings is 1. The van der Waals surface area contributed by atoms with Crippen molar-refractivity contribution >= 4 is 51.7 Å². The molecule has 3 aromatic carbocycles. The highest BCUT2D eigenvalue weighted by atomic mass is 32.1. The van der Waals surface area contributed by atoms with Crippen molar-refractivity contribution in [2.45, 2.75) is 104 Å². The smallest absolute Gasteiger partial charge is 0.337 e. The van der Waals surface area contributed by atoms with Gasteiger partial charge in [-0.3, -0.25) is 24.1 Å². The van der Waals surface area contributed by atoms with Gasteiger partial charge in [0.2, 0.25) is 5.91 Å². The number of nitrogens with one attached hydrogen (secondary N) is 2. The second-order valence-corrected chi connectivity index (χ2v) is 16.7. The summed E-state index contributed by atoms with van der Waals surface area (Å²) in [5.41, 5.74) is 6.52. The first-order valence-electron chi connectivity index (χ1n) is 20.8. The van der Waals surface area contributed by atoms with Crippen LogP contribution < -0.4 is 10.6 Å². The number of methoxy groups -OCH3 is 1. The van der Waals surface area contributed by atoms with Gasteiger partial charge in [0, 0.05) is 54.3 Å². The first kappa shape index (κ1) is 43.3. The minimum Gasteiger partial charge on any atom is -0.466 e. The summed E-state index contributed by atoms with van der Waals surface area (Å²) in [5.74, 6) is -1.27. The van der Waals surface area contributed by atoms with E-state index in [9.17, 15) is 24.0 Å². The molecule has 1 aromatic heterocycles. The van der Waals surface area contributed by atoms with Crippen molar-refractivity contribution in [3.05, 3.63) is 117 Å². The number of aryl methyl sites for hydroxylation is 3. The molecular weight excluding hydrogens is 765 g/mol. The minimum absolute atomic E-state index is 0.00380. The quantitative estimate of drug-likeness (QED) is 0.0904. The van der Waals surface area contributed by atoms with Gasteiger partial charge in [-0.2, -0.15) is 0 Å². The molecule has 0 unspecified atom stereocenters. The molecule has 0 aliphatic heterocycles. The van der Waals surface area contributed by atoms with Crippen LogP contribution in [0.15, 0.2) is 72.8 Å². The maximum atomic E-state index is 14.0. The van der Waals surface area contributed by atoms with Crippen LogP contribution >= 0.6 is 11.3 Å². The Morgan fingerprint density at radius 2 is 1.49 bits per heavy atom. The van der Waals surface area contributed by atoms with Crippen LogP contribution in [0.3, 0.4) is 0 Å². The van der Waals surface area contributed by atoms with Crippen molar-refractivity contribution in [1.82, 2.24) is 9.80 Å². The number of carbonyl (C=O) groups excluding carboxylic acids is 5. The first-order chi connectivity index (χ1) is 28.5. The number of carbonyl (C=O) groups is 5. The number of nitrogens with zero attached hydrogens (tertiary/aromatic N) is 2. The average Bonchev–Trinajstić information content (AvgIpc) is 4.02. The van der Waals surface area contributed by atoms with Gasteiger partial charge in [0.15, 0.2) is 0 Å². The molecule has 12 heteroatoms. The zero-order chi connectivity index (χ0) is 41.9. The van der Waals surface area contributed by atoms with Crippen molar-refractivity contribution in [3.63, 3.8) is 0 Å². The summed E-state index contributed by atoms with van der Waals surface area (Å²) < 4.78 is 9.80. The fourth-order valence-electron chi connectivity index (χ4n) is 7.60. The number of rotatable bonds is 19. The van der Waals surface area contributed by atoms with Crippen LogP contribution in [0.5, 0.6) is 0 Å². The molecule has 1 fully saturated rings. The molecule has 0 bridgehead atoms. The van der Waals surface area contributed by atoms with E-state index in [2.05, 4.69) is 15.5 Å². The highest BCUT2D eigenvalue weighted by molar-refractivity contribution is 7.17. The molecule has 1 heterocycles. The Hall–Kier alpha value is -5.33. The summed E-state index contributed by atoms with van der Waals surface area (Å²) in [6.07, 6.45) is 7.71. The van der Waals surface area contributed by atoms with Crippen LogP contribution in [0.2, 0.25) is 0 Å². The summed E-state index contributed by atoms with van der Waals surface area (Å²) >= 11 is 1.50. The molecule has 0 saturated heterocycles. The van der Waals surface area contributed by atoms with Gasteiger partial charge in [0.05, 0.1) is 31.3 Å². The van der Waals surface area contributed by atoms with Crippen molar-refractivity contribution in [1.29, 1.82) is 0 Å². The van der Waals surface area contributed by atoms with Gasteiger partial charge in [0.1, 0.15) is 5.00 Å². The predicted octanol–water partition coefficient (Wildman–Crippen LogP) is 8.25. The Morgan fingerprint density at radius 1 is 0.797 bits per heavy atom. The monoisotopic (exact) mass is 820 g/mol. The fourth-order valence-corrected chi connectivity index (χ4v) is 8.88. The molecule has 59 heavy (non-hydrogen) atoms. The molecule has 0 atom stereocenters. The standard InChI is InChI=1S/C47H56N4O7S/c1-5-58-42(53)26-25-41(52)51(31(2)3)28-27-50(38-23-24-38)30-34-9-8-10-36(29-34)44(54)49-46-43(39-11-6-7-12-40(39)59-46)45(55)48-37-21-17-33(18-22-37)14-13-32-15-19-35(20-16-32)47(56)57-4/h8-10,15-22,29,31,38H,5-7,11-14,23-28,30H2,1-4H3,(H,48,55)(H,49,54). The van der Waals surface area contributed by atoms with Crippen LogP contribution in [-0.2, 0) is 51.3 Å². The number of fused-ring (bicyclic) bond motifs is 1. The van der Waals surface area contributed by atoms with Crippen molar-refractivity contribution in [2.75, 3.05) is 37.4 Å². The van der Waals surface area contributed by atoms with E-state index in [-0.39, 0.29) is 48.5 Å². The van der Waals surface area contributed by atoms with E-state index in [0.29, 0.717) is 59.7 Å². The molecule has 2 N–H and O–H groups in total. The normalized spacial score (nSPS) is 13.5. The van der Waals surface area contributed by atoms with Gasteiger partial charge in [-0.25, -0.2) is 4.79 Å². The van der Waals surface area contributed by atoms with Gasteiger partial charge in [0.25, 0.3) is 11.8 Å². The third-order valence-corrected chi connectivity index (χ3v) is 12.2. The lowest BCUT2D eigenvalue weighted by Gasteiger charge is -2.30. The van der Waals surface area contributed by atoms with E-state index in [1.54, 1.807) is 25.1 Å². The molecule has 2 aliphatic carbocycles. The SMILES string of the molecule is CCOC(=O)CCC(=O)N(CCN(Cc1cccc(C(=O)Nc2sc3c(c2C(=O)Nc2ccc(CCc4ccc(C(=O)OC)cc4)cc2)CCCC3)c1)C1CC1)C(C)C. The van der Waals surface area contributed by atoms with Crippen LogP contribution in [0, 0.1) is 0 Å². The summed E-state index contributed by atoms with van der Waals surface area (Å²) in [5, 5.41) is 6.78. The Kier molecular flexibility index (Phi) is 15.1.